The molecule has 0 bridgehead atoms. The Balaban J connectivity index is 1.32. The van der Waals surface area contributed by atoms with Crippen LogP contribution in [0.2, 0.25) is 0 Å². The minimum absolute atomic E-state index is 0.0268. The highest BCUT2D eigenvalue weighted by atomic mass is 19.3. The van der Waals surface area contributed by atoms with Crippen molar-refractivity contribution in [1.29, 1.82) is 0 Å². The fourth-order valence-electron chi connectivity index (χ4n) is 4.22. The molecule has 5 rings (SSSR count). The monoisotopic (exact) mass is 492 g/mol. The zero-order valence-corrected chi connectivity index (χ0v) is 20.2. The first-order valence-electron chi connectivity index (χ1n) is 11.7. The molecular formula is C26H26F2N6O2. The summed E-state index contributed by atoms with van der Waals surface area (Å²) in [5.74, 6) is -2.89. The van der Waals surface area contributed by atoms with Gasteiger partial charge >= 0.3 is 5.69 Å². The van der Waals surface area contributed by atoms with E-state index in [0.717, 1.165) is 39.9 Å². The molecule has 0 radical (unpaired) electrons. The van der Waals surface area contributed by atoms with Crippen LogP contribution in [0.1, 0.15) is 25.6 Å². The number of ether oxygens (including phenoxy) is 1. The smallest absolute Gasteiger partial charge is 0.330 e. The lowest BCUT2D eigenvalue weighted by Crippen LogP contribution is -2.23. The van der Waals surface area contributed by atoms with E-state index in [1.54, 1.807) is 22.7 Å². The van der Waals surface area contributed by atoms with Gasteiger partial charge in [-0.25, -0.2) is 4.79 Å². The Kier molecular flexibility index (Phi) is 6.13. The molecule has 0 atom stereocenters. The SMILES string of the molecule is CC(C)n1c(=O)n(C)c2nnc3ccc(-c4ccc(COCCN5C=CC(F)(F)C=C5)nc4)cc3c21. The predicted octanol–water partition coefficient (Wildman–Crippen LogP) is 4.42. The molecule has 0 saturated carbocycles. The minimum Gasteiger partial charge on any atom is -0.373 e. The maximum Gasteiger partial charge on any atom is 0.330 e. The largest absolute Gasteiger partial charge is 0.373 e. The number of allylic oxidation sites excluding steroid dienone is 2. The summed E-state index contributed by atoms with van der Waals surface area (Å²) in [5.41, 5.74) is 4.54. The van der Waals surface area contributed by atoms with Gasteiger partial charge < -0.3 is 9.64 Å². The third-order valence-electron chi connectivity index (χ3n) is 6.16. The molecule has 1 aromatic carbocycles. The molecule has 8 nitrogen and oxygen atoms in total. The van der Waals surface area contributed by atoms with E-state index in [9.17, 15) is 13.6 Å². The number of nitrogens with zero attached hydrogens (tertiary/aromatic N) is 6. The van der Waals surface area contributed by atoms with E-state index >= 15 is 0 Å². The number of alkyl halides is 2. The average molecular weight is 493 g/mol. The highest BCUT2D eigenvalue weighted by molar-refractivity contribution is 6.02. The van der Waals surface area contributed by atoms with Gasteiger partial charge in [0, 0.05) is 61.3 Å². The highest BCUT2D eigenvalue weighted by Crippen LogP contribution is 2.28. The third-order valence-corrected chi connectivity index (χ3v) is 6.16. The fraction of sp³-hybridized carbons (Fsp3) is 0.308. The number of pyridine rings is 1. The number of imidazole rings is 1. The molecule has 36 heavy (non-hydrogen) atoms. The van der Waals surface area contributed by atoms with Crippen molar-refractivity contribution in [3.05, 3.63) is 77.3 Å². The van der Waals surface area contributed by atoms with Crippen LogP contribution in [0.3, 0.4) is 0 Å². The zero-order valence-electron chi connectivity index (χ0n) is 20.2. The number of aryl methyl sites for hydroxylation is 1. The Morgan fingerprint density at radius 2 is 1.81 bits per heavy atom. The topological polar surface area (TPSA) is 78.1 Å². The zero-order chi connectivity index (χ0) is 25.4. The summed E-state index contributed by atoms with van der Waals surface area (Å²) in [6.07, 6.45) is 6.21. The highest BCUT2D eigenvalue weighted by Gasteiger charge is 2.23. The van der Waals surface area contributed by atoms with E-state index in [1.807, 2.05) is 44.2 Å². The first-order valence-corrected chi connectivity index (χ1v) is 11.7. The Hall–Kier alpha value is -3.92. The molecule has 0 unspecified atom stereocenters. The van der Waals surface area contributed by atoms with Crippen LogP contribution in [0, 0.1) is 0 Å². The Bertz CT molecular complexity index is 1520. The second kappa shape index (κ2) is 9.27. The van der Waals surface area contributed by atoms with Gasteiger partial charge in [-0.05, 0) is 37.6 Å². The van der Waals surface area contributed by atoms with Crippen LogP contribution >= 0.6 is 0 Å². The van der Waals surface area contributed by atoms with Crippen molar-refractivity contribution in [2.75, 3.05) is 13.2 Å². The van der Waals surface area contributed by atoms with Gasteiger partial charge in [-0.2, -0.15) is 8.78 Å². The Labute approximate surface area is 206 Å². The second-order valence-corrected chi connectivity index (χ2v) is 9.04. The van der Waals surface area contributed by atoms with E-state index in [4.69, 9.17) is 4.74 Å². The molecule has 186 valence electrons. The Morgan fingerprint density at radius 1 is 1.06 bits per heavy atom. The lowest BCUT2D eigenvalue weighted by molar-refractivity contribution is 0.0938. The van der Waals surface area contributed by atoms with Gasteiger partial charge in [-0.1, -0.05) is 12.1 Å². The number of hydrogen-bond acceptors (Lipinski definition) is 6. The van der Waals surface area contributed by atoms with E-state index in [-0.39, 0.29) is 11.7 Å². The van der Waals surface area contributed by atoms with E-state index in [0.29, 0.717) is 30.9 Å². The normalized spacial score (nSPS) is 15.0. The summed E-state index contributed by atoms with van der Waals surface area (Å²) < 4.78 is 35.1. The lowest BCUT2D eigenvalue weighted by Gasteiger charge is -2.21. The van der Waals surface area contributed by atoms with Crippen molar-refractivity contribution in [2.24, 2.45) is 7.05 Å². The molecule has 0 N–H and O–H groups in total. The molecule has 0 amide bonds. The summed E-state index contributed by atoms with van der Waals surface area (Å²) in [7, 11) is 1.71. The van der Waals surface area contributed by atoms with Gasteiger partial charge in [-0.15, -0.1) is 10.2 Å². The summed E-state index contributed by atoms with van der Waals surface area (Å²) in [4.78, 5) is 19.0. The fourth-order valence-corrected chi connectivity index (χ4v) is 4.22. The maximum atomic E-state index is 13.1. The Morgan fingerprint density at radius 3 is 2.50 bits per heavy atom. The van der Waals surface area contributed by atoms with Gasteiger partial charge in [-0.3, -0.25) is 14.1 Å². The van der Waals surface area contributed by atoms with Crippen molar-refractivity contribution in [1.82, 2.24) is 29.2 Å². The van der Waals surface area contributed by atoms with Gasteiger partial charge in [0.05, 0.1) is 24.4 Å². The molecular weight excluding hydrogens is 466 g/mol. The molecule has 10 heteroatoms. The first-order chi connectivity index (χ1) is 17.2. The van der Waals surface area contributed by atoms with Crippen LogP contribution < -0.4 is 5.69 Å². The quantitative estimate of drug-likeness (QED) is 0.356. The molecule has 4 aromatic rings. The number of fused-ring (bicyclic) bond motifs is 3. The average Bonchev–Trinajstić information content (AvgIpc) is 3.13. The van der Waals surface area contributed by atoms with Gasteiger partial charge in [0.1, 0.15) is 5.52 Å². The van der Waals surface area contributed by atoms with Crippen LogP contribution in [-0.2, 0) is 18.4 Å². The number of rotatable bonds is 7. The van der Waals surface area contributed by atoms with Crippen LogP contribution in [-0.4, -0.2) is 48.3 Å². The molecule has 0 aliphatic carbocycles. The van der Waals surface area contributed by atoms with Crippen molar-refractivity contribution < 1.29 is 13.5 Å². The van der Waals surface area contributed by atoms with E-state index in [2.05, 4.69) is 15.2 Å². The van der Waals surface area contributed by atoms with Crippen molar-refractivity contribution in [2.45, 2.75) is 32.4 Å². The third kappa shape index (κ3) is 4.51. The van der Waals surface area contributed by atoms with Crippen molar-refractivity contribution in [3.63, 3.8) is 0 Å². The summed E-state index contributed by atoms with van der Waals surface area (Å²) in [6, 6.07) is 9.71. The minimum atomic E-state index is -2.89. The van der Waals surface area contributed by atoms with E-state index in [1.165, 1.54) is 17.0 Å². The molecule has 0 spiro atoms. The predicted molar refractivity (Wildman–Crippen MR) is 133 cm³/mol. The number of aromatic nitrogens is 5. The molecule has 0 fully saturated rings. The summed E-state index contributed by atoms with van der Waals surface area (Å²) in [5, 5.41) is 9.45. The van der Waals surface area contributed by atoms with Crippen LogP contribution in [0.15, 0.2) is 65.9 Å². The summed E-state index contributed by atoms with van der Waals surface area (Å²) in [6.45, 7) is 5.10. The standard InChI is InChI=1S/C26H26F2N6O2/c1-17(2)34-23-21-14-18(5-7-22(21)30-31-24(23)32(3)25(34)35)19-4-6-20(29-15-19)16-36-13-12-33-10-8-26(27,28)9-11-33/h4-11,14-15,17H,12-13,16H2,1-3H3. The molecule has 1 aliphatic rings. The molecule has 0 saturated heterocycles. The van der Waals surface area contributed by atoms with Crippen LogP contribution in [0.4, 0.5) is 8.78 Å². The van der Waals surface area contributed by atoms with E-state index < -0.39 is 5.92 Å². The number of benzene rings is 1. The van der Waals surface area contributed by atoms with Crippen molar-refractivity contribution >= 4 is 22.1 Å². The van der Waals surface area contributed by atoms with Gasteiger partial charge in [0.15, 0.2) is 5.65 Å². The first kappa shape index (κ1) is 23.8. The van der Waals surface area contributed by atoms with Gasteiger partial charge in [0.2, 0.25) is 0 Å². The summed E-state index contributed by atoms with van der Waals surface area (Å²) >= 11 is 0. The van der Waals surface area contributed by atoms with Crippen LogP contribution in [0.5, 0.6) is 0 Å². The van der Waals surface area contributed by atoms with Gasteiger partial charge in [0.25, 0.3) is 5.92 Å². The molecule has 3 aromatic heterocycles. The van der Waals surface area contributed by atoms with Crippen LogP contribution in [0.25, 0.3) is 33.2 Å². The lowest BCUT2D eigenvalue weighted by atomic mass is 10.0. The second-order valence-electron chi connectivity index (χ2n) is 9.04. The maximum absolute atomic E-state index is 13.1. The number of halogens is 2. The molecule has 1 aliphatic heterocycles. The molecule has 4 heterocycles. The van der Waals surface area contributed by atoms with Crippen molar-refractivity contribution in [3.8, 4) is 11.1 Å². The number of hydrogen-bond donors (Lipinski definition) is 0.